The normalized spacial score (nSPS) is 20.2. The minimum atomic E-state index is 0.571. The van der Waals surface area contributed by atoms with Gasteiger partial charge in [0.25, 0.3) is 0 Å². The molecule has 0 amide bonds. The molecule has 1 N–H and O–H groups in total. The summed E-state index contributed by atoms with van der Waals surface area (Å²) in [6.07, 6.45) is 7.64. The predicted molar refractivity (Wildman–Crippen MR) is 61.7 cm³/mol. The van der Waals surface area contributed by atoms with Crippen molar-refractivity contribution in [1.82, 2.24) is 14.9 Å². The fraction of sp³-hybridized carbons (Fsp3) is 0.750. The van der Waals surface area contributed by atoms with Gasteiger partial charge in [-0.1, -0.05) is 6.92 Å². The number of nitrogens with zero attached hydrogens (tertiary/aromatic N) is 2. The summed E-state index contributed by atoms with van der Waals surface area (Å²) in [7, 11) is 2.05. The van der Waals surface area contributed by atoms with Crippen LogP contribution in [0.5, 0.6) is 0 Å². The summed E-state index contributed by atoms with van der Waals surface area (Å²) in [5, 5.41) is 3.60. The molecule has 3 heteroatoms. The maximum Gasteiger partial charge on any atom is 0.109 e. The molecule has 1 aliphatic rings. The molecule has 0 saturated heterocycles. The SMILES string of the molecule is CC(NCCc1nccn1C)C1(C)CC1. The maximum absolute atomic E-state index is 4.31. The van der Waals surface area contributed by atoms with E-state index in [0.29, 0.717) is 11.5 Å². The first-order valence-corrected chi connectivity index (χ1v) is 5.81. The minimum Gasteiger partial charge on any atom is -0.338 e. The van der Waals surface area contributed by atoms with Gasteiger partial charge >= 0.3 is 0 Å². The van der Waals surface area contributed by atoms with Gasteiger partial charge in [-0.25, -0.2) is 4.98 Å². The second-order valence-electron chi connectivity index (χ2n) is 5.03. The highest BCUT2D eigenvalue weighted by Gasteiger charge is 2.41. The summed E-state index contributed by atoms with van der Waals surface area (Å²) in [6, 6.07) is 0.637. The van der Waals surface area contributed by atoms with Crippen LogP contribution < -0.4 is 5.32 Å². The van der Waals surface area contributed by atoms with Gasteiger partial charge in [0.15, 0.2) is 0 Å². The van der Waals surface area contributed by atoms with Crippen LogP contribution in [0.4, 0.5) is 0 Å². The first kappa shape index (κ1) is 10.7. The van der Waals surface area contributed by atoms with E-state index in [9.17, 15) is 0 Å². The Bertz CT molecular complexity index is 325. The van der Waals surface area contributed by atoms with Gasteiger partial charge in [0.2, 0.25) is 0 Å². The molecule has 0 bridgehead atoms. The summed E-state index contributed by atoms with van der Waals surface area (Å²) in [4.78, 5) is 4.31. The topological polar surface area (TPSA) is 29.9 Å². The second-order valence-corrected chi connectivity index (χ2v) is 5.03. The average Bonchev–Trinajstić information content (AvgIpc) is 2.83. The predicted octanol–water partition coefficient (Wildman–Crippen LogP) is 1.74. The first-order valence-electron chi connectivity index (χ1n) is 5.81. The van der Waals surface area contributed by atoms with Crippen molar-refractivity contribution in [3.63, 3.8) is 0 Å². The van der Waals surface area contributed by atoms with E-state index in [1.807, 2.05) is 19.4 Å². The van der Waals surface area contributed by atoms with Gasteiger partial charge in [-0.15, -0.1) is 0 Å². The van der Waals surface area contributed by atoms with E-state index in [2.05, 4.69) is 28.7 Å². The fourth-order valence-electron chi connectivity index (χ4n) is 1.91. The van der Waals surface area contributed by atoms with Crippen molar-refractivity contribution in [3.8, 4) is 0 Å². The van der Waals surface area contributed by atoms with Gasteiger partial charge in [-0.05, 0) is 25.2 Å². The zero-order valence-electron chi connectivity index (χ0n) is 9.95. The van der Waals surface area contributed by atoms with Crippen LogP contribution in [0.1, 0.15) is 32.5 Å². The summed E-state index contributed by atoms with van der Waals surface area (Å²) >= 11 is 0. The number of nitrogens with one attached hydrogen (secondary N) is 1. The van der Waals surface area contributed by atoms with Crippen molar-refractivity contribution < 1.29 is 0 Å². The maximum atomic E-state index is 4.31. The van der Waals surface area contributed by atoms with Crippen molar-refractivity contribution in [2.45, 2.75) is 39.2 Å². The van der Waals surface area contributed by atoms with Gasteiger partial charge in [0, 0.05) is 38.4 Å². The van der Waals surface area contributed by atoms with E-state index < -0.39 is 0 Å². The monoisotopic (exact) mass is 207 g/mol. The van der Waals surface area contributed by atoms with E-state index in [4.69, 9.17) is 0 Å². The molecule has 15 heavy (non-hydrogen) atoms. The third-order valence-corrected chi connectivity index (χ3v) is 3.80. The summed E-state index contributed by atoms with van der Waals surface area (Å²) in [5.74, 6) is 1.16. The number of aryl methyl sites for hydroxylation is 1. The van der Waals surface area contributed by atoms with Crippen molar-refractivity contribution >= 4 is 0 Å². The molecule has 84 valence electrons. The molecule has 1 atom stereocenters. The van der Waals surface area contributed by atoms with Crippen LogP contribution in [0.25, 0.3) is 0 Å². The van der Waals surface area contributed by atoms with E-state index in [1.54, 1.807) is 0 Å². The number of hydrogen-bond donors (Lipinski definition) is 1. The molecule has 1 saturated carbocycles. The Kier molecular flexibility index (Phi) is 2.83. The molecule has 3 nitrogen and oxygen atoms in total. The smallest absolute Gasteiger partial charge is 0.109 e. The van der Waals surface area contributed by atoms with Crippen LogP contribution in [-0.4, -0.2) is 22.1 Å². The van der Waals surface area contributed by atoms with Gasteiger partial charge < -0.3 is 9.88 Å². The van der Waals surface area contributed by atoms with Crippen molar-refractivity contribution in [2.75, 3.05) is 6.54 Å². The second kappa shape index (κ2) is 3.97. The highest BCUT2D eigenvalue weighted by molar-refractivity contribution is 4.97. The van der Waals surface area contributed by atoms with E-state index in [-0.39, 0.29) is 0 Å². The Morgan fingerprint density at radius 1 is 1.60 bits per heavy atom. The highest BCUT2D eigenvalue weighted by atomic mass is 15.0. The third-order valence-electron chi connectivity index (χ3n) is 3.80. The number of hydrogen-bond acceptors (Lipinski definition) is 2. The van der Waals surface area contributed by atoms with Gasteiger partial charge in [0.05, 0.1) is 0 Å². The standard InChI is InChI=1S/C12H21N3/c1-10(12(2)5-6-12)13-7-4-11-14-8-9-15(11)3/h8-10,13H,4-7H2,1-3H3. The van der Waals surface area contributed by atoms with Gasteiger partial charge in [-0.2, -0.15) is 0 Å². The Balaban J connectivity index is 1.73. The minimum absolute atomic E-state index is 0.571. The van der Waals surface area contributed by atoms with Crippen molar-refractivity contribution in [3.05, 3.63) is 18.2 Å². The quantitative estimate of drug-likeness (QED) is 0.797. The molecule has 1 heterocycles. The molecule has 0 aromatic carbocycles. The average molecular weight is 207 g/mol. The Hall–Kier alpha value is -0.830. The third kappa shape index (κ3) is 2.40. The molecule has 0 spiro atoms. The lowest BCUT2D eigenvalue weighted by Crippen LogP contribution is -2.34. The lowest BCUT2D eigenvalue weighted by molar-refractivity contribution is 0.382. The van der Waals surface area contributed by atoms with Crippen molar-refractivity contribution in [2.24, 2.45) is 12.5 Å². The lowest BCUT2D eigenvalue weighted by Gasteiger charge is -2.20. The zero-order valence-corrected chi connectivity index (χ0v) is 9.95. The molecular weight excluding hydrogens is 186 g/mol. The highest BCUT2D eigenvalue weighted by Crippen LogP contribution is 2.47. The fourth-order valence-corrected chi connectivity index (χ4v) is 1.91. The van der Waals surface area contributed by atoms with E-state index >= 15 is 0 Å². The summed E-state index contributed by atoms with van der Waals surface area (Å²) < 4.78 is 2.09. The van der Waals surface area contributed by atoms with Crippen molar-refractivity contribution in [1.29, 1.82) is 0 Å². The first-order chi connectivity index (χ1) is 7.12. The summed E-state index contributed by atoms with van der Waals surface area (Å²) in [6.45, 7) is 5.69. The summed E-state index contributed by atoms with van der Waals surface area (Å²) in [5.41, 5.74) is 0.571. The number of rotatable bonds is 5. The largest absolute Gasteiger partial charge is 0.338 e. The molecule has 1 aliphatic carbocycles. The molecule has 0 aliphatic heterocycles. The van der Waals surface area contributed by atoms with Crippen LogP contribution in [0, 0.1) is 5.41 Å². The van der Waals surface area contributed by atoms with Gasteiger partial charge in [-0.3, -0.25) is 0 Å². The number of imidazole rings is 1. The molecular formula is C12H21N3. The molecule has 1 aromatic rings. The van der Waals surface area contributed by atoms with Crippen LogP contribution >= 0.6 is 0 Å². The van der Waals surface area contributed by atoms with Crippen LogP contribution in [0.2, 0.25) is 0 Å². The Morgan fingerprint density at radius 3 is 2.87 bits per heavy atom. The molecule has 0 radical (unpaired) electrons. The zero-order chi connectivity index (χ0) is 10.9. The Morgan fingerprint density at radius 2 is 2.33 bits per heavy atom. The molecule has 2 rings (SSSR count). The van der Waals surface area contributed by atoms with Crippen LogP contribution in [0.3, 0.4) is 0 Å². The number of aromatic nitrogens is 2. The van der Waals surface area contributed by atoms with E-state index in [1.165, 1.54) is 12.8 Å². The Labute approximate surface area is 91.9 Å². The molecule has 1 unspecified atom stereocenters. The lowest BCUT2D eigenvalue weighted by atomic mass is 10.0. The van der Waals surface area contributed by atoms with Crippen LogP contribution in [-0.2, 0) is 13.5 Å². The molecule has 1 aromatic heterocycles. The molecule has 1 fully saturated rings. The van der Waals surface area contributed by atoms with Gasteiger partial charge in [0.1, 0.15) is 5.82 Å². The van der Waals surface area contributed by atoms with Crippen LogP contribution in [0.15, 0.2) is 12.4 Å². The van der Waals surface area contributed by atoms with E-state index in [0.717, 1.165) is 18.8 Å².